The standard InChI is InChI=1S/C11H6F2N.C8H4F3N4.Ir/c12-9-5-4-8(7-10(9)13)11-3-1-2-6-14-11;9-8(10,11)7-13-6(14-15-7)5-3-1-2-4-12-5;/h1-3,5-7H;1-4H;/q2*-1;. The molecule has 0 fully saturated rings. The third-order valence-corrected chi connectivity index (χ3v) is 3.39. The van der Waals surface area contributed by atoms with Gasteiger partial charge in [-0.2, -0.15) is 13.2 Å². The number of hydrogen-bond donors (Lipinski definition) is 0. The molecule has 0 atom stereocenters. The van der Waals surface area contributed by atoms with E-state index >= 15 is 0 Å². The molecule has 4 aromatic rings. The molecule has 1 aromatic carbocycles. The molecule has 157 valence electrons. The van der Waals surface area contributed by atoms with Crippen molar-refractivity contribution < 1.29 is 42.1 Å². The van der Waals surface area contributed by atoms with Crippen molar-refractivity contribution in [1.82, 2.24) is 25.1 Å². The molecular formula is C19H10F5IrN5-2. The summed E-state index contributed by atoms with van der Waals surface area (Å²) in [4.78, 5) is 11.1. The molecule has 3 aromatic heterocycles. The Balaban J connectivity index is 0.000000207. The maximum Gasteiger partial charge on any atom is 0.429 e. The number of benzene rings is 1. The van der Waals surface area contributed by atoms with Gasteiger partial charge >= 0.3 is 6.18 Å². The van der Waals surface area contributed by atoms with Gasteiger partial charge in [0.1, 0.15) is 5.82 Å². The summed E-state index contributed by atoms with van der Waals surface area (Å²) in [6.45, 7) is 0. The van der Waals surface area contributed by atoms with E-state index in [-0.39, 0.29) is 31.6 Å². The molecule has 0 aliphatic rings. The number of alkyl halides is 3. The van der Waals surface area contributed by atoms with Gasteiger partial charge in [0.05, 0.1) is 17.3 Å². The van der Waals surface area contributed by atoms with Crippen molar-refractivity contribution in [1.29, 1.82) is 0 Å². The smallest absolute Gasteiger partial charge is 0.413 e. The van der Waals surface area contributed by atoms with Crippen LogP contribution in [0.15, 0.2) is 60.9 Å². The molecular weight excluding hydrogens is 585 g/mol. The fraction of sp³-hybridized carbons (Fsp3) is 0.0526. The van der Waals surface area contributed by atoms with Crippen molar-refractivity contribution in [3.05, 3.63) is 84.4 Å². The largest absolute Gasteiger partial charge is 0.429 e. The van der Waals surface area contributed by atoms with Gasteiger partial charge in [0.2, 0.25) is 0 Å². The molecule has 0 unspecified atom stereocenters. The van der Waals surface area contributed by atoms with E-state index in [0.717, 1.165) is 12.1 Å². The second-order valence-electron chi connectivity index (χ2n) is 5.43. The Kier molecular flexibility index (Phi) is 7.85. The number of hydrogen-bond acceptors (Lipinski definition) is 4. The first-order valence-corrected chi connectivity index (χ1v) is 7.99. The van der Waals surface area contributed by atoms with Crippen LogP contribution in [0.3, 0.4) is 0 Å². The van der Waals surface area contributed by atoms with Crippen LogP contribution >= 0.6 is 0 Å². The molecule has 30 heavy (non-hydrogen) atoms. The van der Waals surface area contributed by atoms with Crippen molar-refractivity contribution in [3.8, 4) is 22.8 Å². The van der Waals surface area contributed by atoms with Gasteiger partial charge in [0, 0.05) is 32.5 Å². The van der Waals surface area contributed by atoms with Crippen LogP contribution in [0.1, 0.15) is 5.82 Å². The number of halogens is 5. The average molecular weight is 596 g/mol. The zero-order valence-electron chi connectivity index (χ0n) is 14.7. The van der Waals surface area contributed by atoms with Gasteiger partial charge in [-0.05, 0) is 29.7 Å². The van der Waals surface area contributed by atoms with E-state index in [1.165, 1.54) is 12.3 Å². The quantitative estimate of drug-likeness (QED) is 0.255. The Bertz CT molecular complexity index is 1070. The van der Waals surface area contributed by atoms with Crippen LogP contribution in [-0.4, -0.2) is 20.1 Å². The van der Waals surface area contributed by atoms with E-state index in [0.29, 0.717) is 11.3 Å². The molecule has 0 N–H and O–H groups in total. The molecule has 0 aliphatic heterocycles. The SMILES string of the molecule is FC(F)(F)c1n[n-]c(-c2ccccn2)n1.Fc1c[c-]c(-c2ccccn2)cc1F.[Ir]. The number of aromatic nitrogens is 5. The summed E-state index contributed by atoms with van der Waals surface area (Å²) < 4.78 is 61.8. The van der Waals surface area contributed by atoms with E-state index in [1.807, 2.05) is 0 Å². The van der Waals surface area contributed by atoms with Crippen LogP contribution in [-0.2, 0) is 26.3 Å². The molecule has 4 rings (SSSR count). The van der Waals surface area contributed by atoms with E-state index in [2.05, 4.69) is 31.2 Å². The van der Waals surface area contributed by atoms with Crippen LogP contribution in [0.5, 0.6) is 0 Å². The topological polar surface area (TPSA) is 65.7 Å². The van der Waals surface area contributed by atoms with E-state index in [9.17, 15) is 22.0 Å². The Morgan fingerprint density at radius 3 is 2.00 bits per heavy atom. The van der Waals surface area contributed by atoms with Crippen molar-refractivity contribution >= 4 is 0 Å². The molecule has 0 bridgehead atoms. The number of nitrogens with zero attached hydrogens (tertiary/aromatic N) is 5. The minimum atomic E-state index is -4.57. The van der Waals surface area contributed by atoms with Gasteiger partial charge in [-0.3, -0.25) is 14.5 Å². The Hall–Kier alpha value is -3.04. The minimum Gasteiger partial charge on any atom is -0.413 e. The molecule has 0 saturated carbocycles. The summed E-state index contributed by atoms with van der Waals surface area (Å²) in [5.74, 6) is -3.15. The summed E-state index contributed by atoms with van der Waals surface area (Å²) in [5, 5.41) is 6.25. The molecule has 0 aliphatic carbocycles. The van der Waals surface area contributed by atoms with E-state index < -0.39 is 23.6 Å². The molecule has 0 spiro atoms. The first-order valence-electron chi connectivity index (χ1n) is 7.99. The molecule has 0 saturated heterocycles. The zero-order chi connectivity index (χ0) is 20.9. The van der Waals surface area contributed by atoms with Crippen molar-refractivity contribution in [2.75, 3.05) is 0 Å². The van der Waals surface area contributed by atoms with Crippen molar-refractivity contribution in [2.24, 2.45) is 0 Å². The third kappa shape index (κ3) is 5.98. The molecule has 11 heteroatoms. The monoisotopic (exact) mass is 596 g/mol. The van der Waals surface area contributed by atoms with Crippen LogP contribution in [0.2, 0.25) is 0 Å². The number of pyridine rings is 2. The molecule has 3 heterocycles. The first kappa shape index (κ1) is 23.2. The van der Waals surface area contributed by atoms with E-state index in [1.54, 1.807) is 36.5 Å². The Morgan fingerprint density at radius 1 is 0.867 bits per heavy atom. The second kappa shape index (κ2) is 10.1. The van der Waals surface area contributed by atoms with Gasteiger partial charge in [0.15, 0.2) is 0 Å². The first-order chi connectivity index (χ1) is 13.8. The van der Waals surface area contributed by atoms with Crippen LogP contribution < -0.4 is 5.10 Å². The van der Waals surface area contributed by atoms with Crippen molar-refractivity contribution in [2.45, 2.75) is 6.18 Å². The average Bonchev–Trinajstić information content (AvgIpc) is 3.23. The minimum absolute atomic E-state index is 0. The summed E-state index contributed by atoms with van der Waals surface area (Å²) in [6.07, 6.45) is -1.54. The van der Waals surface area contributed by atoms with Gasteiger partial charge < -0.3 is 15.1 Å². The van der Waals surface area contributed by atoms with E-state index in [4.69, 9.17) is 0 Å². The predicted octanol–water partition coefficient (Wildman–Crippen LogP) is 4.34. The summed E-state index contributed by atoms with van der Waals surface area (Å²) in [7, 11) is 0. The van der Waals surface area contributed by atoms with Gasteiger partial charge in [0.25, 0.3) is 0 Å². The van der Waals surface area contributed by atoms with Gasteiger partial charge in [-0.1, -0.05) is 18.2 Å². The summed E-state index contributed by atoms with van der Waals surface area (Å²) >= 11 is 0. The normalized spacial score (nSPS) is 10.6. The van der Waals surface area contributed by atoms with Gasteiger partial charge in [-0.25, -0.2) is 4.39 Å². The van der Waals surface area contributed by atoms with Gasteiger partial charge in [-0.15, -0.1) is 23.8 Å². The van der Waals surface area contributed by atoms with Crippen molar-refractivity contribution in [3.63, 3.8) is 0 Å². The predicted molar refractivity (Wildman–Crippen MR) is 92.0 cm³/mol. The molecule has 5 nitrogen and oxygen atoms in total. The fourth-order valence-corrected chi connectivity index (χ4v) is 2.08. The van der Waals surface area contributed by atoms with Crippen LogP contribution in [0.25, 0.3) is 22.8 Å². The molecule has 1 radical (unpaired) electrons. The fourth-order valence-electron chi connectivity index (χ4n) is 2.08. The second-order valence-corrected chi connectivity index (χ2v) is 5.43. The van der Waals surface area contributed by atoms with Crippen LogP contribution in [0.4, 0.5) is 22.0 Å². The zero-order valence-corrected chi connectivity index (χ0v) is 17.1. The number of rotatable bonds is 2. The maximum atomic E-state index is 12.8. The molecule has 0 amide bonds. The third-order valence-electron chi connectivity index (χ3n) is 3.39. The Labute approximate surface area is 180 Å². The summed E-state index contributed by atoms with van der Waals surface area (Å²) in [6, 6.07) is 14.7. The summed E-state index contributed by atoms with van der Waals surface area (Å²) in [5.41, 5.74) is 1.29. The van der Waals surface area contributed by atoms with Crippen LogP contribution in [0, 0.1) is 17.7 Å². The Morgan fingerprint density at radius 2 is 1.50 bits per heavy atom. The maximum absolute atomic E-state index is 12.8.